The summed E-state index contributed by atoms with van der Waals surface area (Å²) >= 11 is 0. The second kappa shape index (κ2) is 3.54. The number of nitriles is 2. The molecule has 0 unspecified atom stereocenters. The number of rotatable bonds is 0. The van der Waals surface area contributed by atoms with Crippen molar-refractivity contribution in [3.05, 3.63) is 28.8 Å². The highest BCUT2D eigenvalue weighted by Crippen LogP contribution is 2.30. The molecule has 0 bridgehead atoms. The minimum atomic E-state index is -4.92. The number of pyridine rings is 1. The SMILES string of the molecule is N#Cc1cc(C#N)c(C(F)(F)F)nc1F. The summed E-state index contributed by atoms with van der Waals surface area (Å²) in [5.41, 5.74) is -3.19. The molecule has 0 saturated carbocycles. The lowest BCUT2D eigenvalue weighted by Crippen LogP contribution is -2.12. The molecule has 0 fully saturated rings. The van der Waals surface area contributed by atoms with E-state index in [9.17, 15) is 17.6 Å². The maximum Gasteiger partial charge on any atom is 0.434 e. The Hall–Kier alpha value is -2.15. The quantitative estimate of drug-likeness (QED) is 0.491. The minimum Gasteiger partial charge on any atom is -0.213 e. The van der Waals surface area contributed by atoms with E-state index >= 15 is 0 Å². The molecule has 0 radical (unpaired) electrons. The molecule has 7 heteroatoms. The first-order valence-corrected chi connectivity index (χ1v) is 3.48. The van der Waals surface area contributed by atoms with Crippen LogP contribution in [0.5, 0.6) is 0 Å². The molecule has 0 N–H and O–H groups in total. The molecule has 1 rings (SSSR count). The van der Waals surface area contributed by atoms with Gasteiger partial charge < -0.3 is 0 Å². The lowest BCUT2D eigenvalue weighted by molar-refractivity contribution is -0.141. The Kier molecular flexibility index (Phi) is 2.58. The average Bonchev–Trinajstić information content (AvgIpc) is 2.16. The lowest BCUT2D eigenvalue weighted by Gasteiger charge is -2.07. The van der Waals surface area contributed by atoms with Crippen LogP contribution in [0.1, 0.15) is 16.8 Å². The third kappa shape index (κ3) is 2.02. The van der Waals surface area contributed by atoms with Crippen LogP contribution in [0.3, 0.4) is 0 Å². The molecule has 15 heavy (non-hydrogen) atoms. The predicted octanol–water partition coefficient (Wildman–Crippen LogP) is 1.98. The van der Waals surface area contributed by atoms with E-state index in [2.05, 4.69) is 4.98 Å². The monoisotopic (exact) mass is 215 g/mol. The molecule has 76 valence electrons. The van der Waals surface area contributed by atoms with Crippen molar-refractivity contribution in [2.24, 2.45) is 0 Å². The number of alkyl halides is 3. The Morgan fingerprint density at radius 1 is 1.13 bits per heavy atom. The third-order valence-corrected chi connectivity index (χ3v) is 1.49. The summed E-state index contributed by atoms with van der Waals surface area (Å²) < 4.78 is 49.3. The number of hydrogen-bond donors (Lipinski definition) is 0. The second-order valence-corrected chi connectivity index (χ2v) is 2.44. The maximum atomic E-state index is 12.8. The zero-order chi connectivity index (χ0) is 11.6. The van der Waals surface area contributed by atoms with Gasteiger partial charge in [0.05, 0.1) is 5.56 Å². The third-order valence-electron chi connectivity index (χ3n) is 1.49. The van der Waals surface area contributed by atoms with Gasteiger partial charge in [0.1, 0.15) is 17.7 Å². The molecule has 1 aromatic heterocycles. The van der Waals surface area contributed by atoms with Crippen molar-refractivity contribution in [3.63, 3.8) is 0 Å². The van der Waals surface area contributed by atoms with E-state index in [-0.39, 0.29) is 0 Å². The van der Waals surface area contributed by atoms with Crippen LogP contribution in [0.2, 0.25) is 0 Å². The van der Waals surface area contributed by atoms with Gasteiger partial charge in [0.25, 0.3) is 0 Å². The largest absolute Gasteiger partial charge is 0.434 e. The summed E-state index contributed by atoms with van der Waals surface area (Å²) in [5.74, 6) is -1.54. The van der Waals surface area contributed by atoms with Crippen LogP contribution in [-0.4, -0.2) is 4.98 Å². The van der Waals surface area contributed by atoms with Crippen molar-refractivity contribution in [1.82, 2.24) is 4.98 Å². The fourth-order valence-electron chi connectivity index (χ4n) is 0.871. The Morgan fingerprint density at radius 2 is 1.67 bits per heavy atom. The fraction of sp³-hybridized carbons (Fsp3) is 0.125. The van der Waals surface area contributed by atoms with Gasteiger partial charge in [-0.05, 0) is 6.07 Å². The summed E-state index contributed by atoms with van der Waals surface area (Å²) in [5, 5.41) is 16.7. The van der Waals surface area contributed by atoms with Crippen LogP contribution in [0.4, 0.5) is 17.6 Å². The van der Waals surface area contributed by atoms with E-state index in [4.69, 9.17) is 10.5 Å². The topological polar surface area (TPSA) is 60.5 Å². The Morgan fingerprint density at radius 3 is 2.07 bits per heavy atom. The van der Waals surface area contributed by atoms with Gasteiger partial charge in [0.15, 0.2) is 5.69 Å². The van der Waals surface area contributed by atoms with Gasteiger partial charge in [-0.25, -0.2) is 4.98 Å². The van der Waals surface area contributed by atoms with E-state index in [0.29, 0.717) is 6.07 Å². The second-order valence-electron chi connectivity index (χ2n) is 2.44. The average molecular weight is 215 g/mol. The number of aromatic nitrogens is 1. The molecule has 0 spiro atoms. The van der Waals surface area contributed by atoms with Crippen molar-refractivity contribution in [2.75, 3.05) is 0 Å². The van der Waals surface area contributed by atoms with Gasteiger partial charge >= 0.3 is 6.18 Å². The summed E-state index contributed by atoms with van der Waals surface area (Å²) in [6.45, 7) is 0. The number of hydrogen-bond acceptors (Lipinski definition) is 3. The first kappa shape index (κ1) is 10.9. The molecule has 1 aromatic rings. The predicted molar refractivity (Wildman–Crippen MR) is 38.6 cm³/mol. The van der Waals surface area contributed by atoms with Gasteiger partial charge in [0, 0.05) is 0 Å². The zero-order valence-electron chi connectivity index (χ0n) is 6.93. The highest BCUT2D eigenvalue weighted by Gasteiger charge is 2.36. The molecule has 0 aliphatic heterocycles. The first-order chi connectivity index (χ1) is 6.90. The van der Waals surface area contributed by atoms with Gasteiger partial charge in [-0.3, -0.25) is 0 Å². The fourth-order valence-corrected chi connectivity index (χ4v) is 0.871. The Bertz CT molecular complexity index is 478. The number of nitrogens with zero attached hydrogens (tertiary/aromatic N) is 3. The summed E-state index contributed by atoms with van der Waals surface area (Å²) in [4.78, 5) is 2.55. The van der Waals surface area contributed by atoms with Gasteiger partial charge in [-0.15, -0.1) is 0 Å². The van der Waals surface area contributed by atoms with Crippen molar-refractivity contribution < 1.29 is 17.6 Å². The highest BCUT2D eigenvalue weighted by atomic mass is 19.4. The molecular formula is C8HF4N3. The van der Waals surface area contributed by atoms with E-state index < -0.39 is 28.9 Å². The van der Waals surface area contributed by atoms with E-state index in [1.807, 2.05) is 0 Å². The van der Waals surface area contributed by atoms with Gasteiger partial charge in [-0.2, -0.15) is 28.1 Å². The lowest BCUT2D eigenvalue weighted by atomic mass is 10.1. The van der Waals surface area contributed by atoms with Gasteiger partial charge in [0.2, 0.25) is 5.95 Å². The van der Waals surface area contributed by atoms with Crippen molar-refractivity contribution >= 4 is 0 Å². The zero-order valence-corrected chi connectivity index (χ0v) is 6.93. The Labute approximate surface area is 81.2 Å². The molecule has 0 aliphatic rings. The van der Waals surface area contributed by atoms with Crippen molar-refractivity contribution in [2.45, 2.75) is 6.18 Å². The smallest absolute Gasteiger partial charge is 0.213 e. The van der Waals surface area contributed by atoms with E-state index in [1.54, 1.807) is 0 Å². The standard InChI is InChI=1S/C8HF4N3/c9-7-5(3-14)1-4(2-13)6(15-7)8(10,11)12/h1H. The van der Waals surface area contributed by atoms with Crippen molar-refractivity contribution in [3.8, 4) is 12.1 Å². The van der Waals surface area contributed by atoms with Gasteiger partial charge in [-0.1, -0.05) is 0 Å². The maximum absolute atomic E-state index is 12.8. The number of halogens is 4. The molecular weight excluding hydrogens is 214 g/mol. The van der Waals surface area contributed by atoms with Crippen LogP contribution in [0.15, 0.2) is 6.07 Å². The normalized spacial score (nSPS) is 10.5. The first-order valence-electron chi connectivity index (χ1n) is 3.48. The highest BCUT2D eigenvalue weighted by molar-refractivity contribution is 5.42. The van der Waals surface area contributed by atoms with Crippen LogP contribution < -0.4 is 0 Å². The van der Waals surface area contributed by atoms with Crippen LogP contribution in [-0.2, 0) is 6.18 Å². The Balaban J connectivity index is 3.52. The summed E-state index contributed by atoms with van der Waals surface area (Å²) in [6.07, 6.45) is -4.92. The molecule has 0 saturated heterocycles. The minimum absolute atomic E-state index is 0.519. The molecule has 3 nitrogen and oxygen atoms in total. The summed E-state index contributed by atoms with van der Waals surface area (Å²) in [6, 6.07) is 3.02. The van der Waals surface area contributed by atoms with E-state index in [1.165, 1.54) is 12.1 Å². The van der Waals surface area contributed by atoms with Crippen molar-refractivity contribution in [1.29, 1.82) is 10.5 Å². The van der Waals surface area contributed by atoms with E-state index in [0.717, 1.165) is 0 Å². The summed E-state index contributed by atoms with van der Waals surface area (Å²) in [7, 11) is 0. The molecule has 0 aliphatic carbocycles. The van der Waals surface area contributed by atoms with Crippen LogP contribution >= 0.6 is 0 Å². The molecule has 0 atom stereocenters. The van der Waals surface area contributed by atoms with Crippen LogP contribution in [0.25, 0.3) is 0 Å². The molecule has 1 heterocycles. The molecule has 0 aromatic carbocycles. The van der Waals surface area contributed by atoms with Crippen LogP contribution in [0, 0.1) is 28.6 Å². The molecule has 0 amide bonds.